The Labute approximate surface area is 213 Å². The van der Waals surface area contributed by atoms with Gasteiger partial charge in [-0.25, -0.2) is 4.98 Å². The molecule has 4 aromatic rings. The van der Waals surface area contributed by atoms with Crippen LogP contribution in [-0.2, 0) is 4.79 Å². The van der Waals surface area contributed by atoms with E-state index in [1.807, 2.05) is 23.6 Å². The number of carbonyl (C=O) groups is 1. The monoisotopic (exact) mass is 498 g/mol. The smallest absolute Gasteiger partial charge is 0.247 e. The standard InChI is InChI=1S/C27H26N6O2S/c1-3-24(34)28-18-5-4-6-22(13-18)35-26-25-23(11-12-36-25)30-27(31-26)29-17-7-9-19(10-8-17)33-16-20-14-21(33)15-32(20)2/h3-13,20-21H,1,14-16H2,2H3,(H,28,34)(H,29,30,31). The number of nitrogens with zero attached hydrogens (tertiary/aromatic N) is 4. The number of ether oxygens (including phenoxy) is 1. The first-order valence-corrected chi connectivity index (χ1v) is 12.7. The van der Waals surface area contributed by atoms with E-state index in [4.69, 9.17) is 4.74 Å². The van der Waals surface area contributed by atoms with E-state index in [1.165, 1.54) is 29.5 Å². The predicted molar refractivity (Wildman–Crippen MR) is 145 cm³/mol. The van der Waals surface area contributed by atoms with Crippen molar-refractivity contribution in [1.82, 2.24) is 14.9 Å². The molecule has 2 aliphatic rings. The molecule has 2 bridgehead atoms. The van der Waals surface area contributed by atoms with E-state index in [9.17, 15) is 4.79 Å². The lowest BCUT2D eigenvalue weighted by atomic mass is 10.2. The lowest BCUT2D eigenvalue weighted by Crippen LogP contribution is -2.44. The topological polar surface area (TPSA) is 82.6 Å². The third-order valence-corrected chi connectivity index (χ3v) is 7.64. The Balaban J connectivity index is 1.21. The molecule has 0 spiro atoms. The Kier molecular flexibility index (Phi) is 5.79. The first-order valence-electron chi connectivity index (χ1n) is 11.9. The quantitative estimate of drug-likeness (QED) is 0.337. The van der Waals surface area contributed by atoms with Crippen molar-refractivity contribution in [3.63, 3.8) is 0 Å². The molecular formula is C27H26N6O2S. The molecule has 0 aliphatic carbocycles. The molecule has 2 aromatic heterocycles. The van der Waals surface area contributed by atoms with Crippen LogP contribution in [-0.4, -0.2) is 53.0 Å². The average Bonchev–Trinajstić information content (AvgIpc) is 3.60. The number of nitrogens with one attached hydrogen (secondary N) is 2. The predicted octanol–water partition coefficient (Wildman–Crippen LogP) is 5.24. The van der Waals surface area contributed by atoms with Gasteiger partial charge in [-0.05, 0) is 67.4 Å². The molecule has 0 saturated carbocycles. The molecule has 36 heavy (non-hydrogen) atoms. The van der Waals surface area contributed by atoms with Gasteiger partial charge in [0.2, 0.25) is 17.7 Å². The fourth-order valence-corrected chi connectivity index (χ4v) is 5.71. The molecule has 1 amide bonds. The van der Waals surface area contributed by atoms with E-state index in [1.54, 1.807) is 12.1 Å². The maximum Gasteiger partial charge on any atom is 0.247 e. The van der Waals surface area contributed by atoms with Gasteiger partial charge in [0.25, 0.3) is 0 Å². The second-order valence-corrected chi connectivity index (χ2v) is 10.0. The number of aromatic nitrogens is 2. The third kappa shape index (κ3) is 4.38. The molecule has 2 fully saturated rings. The third-order valence-electron chi connectivity index (χ3n) is 6.74. The number of piperazine rings is 1. The molecule has 2 aliphatic heterocycles. The van der Waals surface area contributed by atoms with Crippen LogP contribution >= 0.6 is 11.3 Å². The van der Waals surface area contributed by atoms with Crippen molar-refractivity contribution in [2.45, 2.75) is 18.5 Å². The molecule has 2 aromatic carbocycles. The largest absolute Gasteiger partial charge is 0.437 e. The van der Waals surface area contributed by atoms with Gasteiger partial charge >= 0.3 is 0 Å². The van der Waals surface area contributed by atoms with Gasteiger partial charge < -0.3 is 20.3 Å². The molecule has 0 radical (unpaired) electrons. The highest BCUT2D eigenvalue weighted by atomic mass is 32.1. The van der Waals surface area contributed by atoms with Crippen LogP contribution in [0.4, 0.5) is 23.0 Å². The Bertz CT molecular complexity index is 1430. The fraction of sp³-hybridized carbons (Fsp3) is 0.222. The van der Waals surface area contributed by atoms with E-state index >= 15 is 0 Å². The number of carbonyl (C=O) groups excluding carboxylic acids is 1. The maximum absolute atomic E-state index is 11.6. The molecule has 2 unspecified atom stereocenters. The number of hydrogen-bond acceptors (Lipinski definition) is 8. The van der Waals surface area contributed by atoms with Crippen LogP contribution in [0.1, 0.15) is 6.42 Å². The minimum Gasteiger partial charge on any atom is -0.437 e. The number of likely N-dealkylation sites (N-methyl/N-ethyl adjacent to an activating group) is 1. The highest BCUT2D eigenvalue weighted by Crippen LogP contribution is 2.36. The summed E-state index contributed by atoms with van der Waals surface area (Å²) in [5.74, 6) is 1.20. The first kappa shape index (κ1) is 22.5. The average molecular weight is 499 g/mol. The van der Waals surface area contributed by atoms with Gasteiger partial charge in [-0.1, -0.05) is 12.6 Å². The van der Waals surface area contributed by atoms with Crippen molar-refractivity contribution in [2.75, 3.05) is 35.7 Å². The van der Waals surface area contributed by atoms with Crippen LogP contribution in [0.3, 0.4) is 0 Å². The Hall–Kier alpha value is -3.95. The molecule has 9 heteroatoms. The number of amides is 1. The van der Waals surface area contributed by atoms with E-state index in [-0.39, 0.29) is 5.91 Å². The van der Waals surface area contributed by atoms with Crippen LogP contribution in [0.15, 0.2) is 72.6 Å². The fourth-order valence-electron chi connectivity index (χ4n) is 4.95. The molecule has 2 N–H and O–H groups in total. The van der Waals surface area contributed by atoms with Crippen molar-refractivity contribution in [3.05, 3.63) is 72.6 Å². The number of benzene rings is 2. The second-order valence-electron chi connectivity index (χ2n) is 9.12. The molecule has 8 nitrogen and oxygen atoms in total. The van der Waals surface area contributed by atoms with Crippen molar-refractivity contribution in [2.24, 2.45) is 0 Å². The van der Waals surface area contributed by atoms with Crippen molar-refractivity contribution in [1.29, 1.82) is 0 Å². The van der Waals surface area contributed by atoms with Gasteiger partial charge in [-0.3, -0.25) is 9.69 Å². The van der Waals surface area contributed by atoms with E-state index < -0.39 is 0 Å². The second kappa shape index (κ2) is 9.25. The van der Waals surface area contributed by atoms with Crippen molar-refractivity contribution < 1.29 is 9.53 Å². The maximum atomic E-state index is 11.6. The Morgan fingerprint density at radius 3 is 2.72 bits per heavy atom. The summed E-state index contributed by atoms with van der Waals surface area (Å²) >= 11 is 1.52. The number of rotatable bonds is 7. The van der Waals surface area contributed by atoms with Crippen molar-refractivity contribution in [3.8, 4) is 11.6 Å². The molecule has 6 rings (SSSR count). The first-order chi connectivity index (χ1) is 17.6. The molecule has 2 saturated heterocycles. The van der Waals surface area contributed by atoms with Crippen LogP contribution in [0, 0.1) is 0 Å². The number of hydrogen-bond donors (Lipinski definition) is 2. The van der Waals surface area contributed by atoms with Gasteiger partial charge in [-0.2, -0.15) is 4.98 Å². The number of likely N-dealkylation sites (tertiary alicyclic amines) is 1. The zero-order valence-electron chi connectivity index (χ0n) is 19.8. The Morgan fingerprint density at radius 2 is 1.97 bits per heavy atom. The van der Waals surface area contributed by atoms with E-state index in [2.05, 4.69) is 68.3 Å². The summed E-state index contributed by atoms with van der Waals surface area (Å²) in [5, 5.41) is 8.03. The SMILES string of the molecule is C=CC(=O)Nc1cccc(Oc2nc(Nc3ccc(N4CC5CC4CN5C)cc3)nc3ccsc23)c1. The lowest BCUT2D eigenvalue weighted by molar-refractivity contribution is -0.111. The van der Waals surface area contributed by atoms with Crippen molar-refractivity contribution >= 4 is 50.5 Å². The molecule has 2 atom stereocenters. The zero-order chi connectivity index (χ0) is 24.6. The molecular weight excluding hydrogens is 472 g/mol. The summed E-state index contributed by atoms with van der Waals surface area (Å²) in [4.78, 5) is 25.9. The van der Waals surface area contributed by atoms with Crippen LogP contribution in [0.25, 0.3) is 10.2 Å². The summed E-state index contributed by atoms with van der Waals surface area (Å²) in [5.41, 5.74) is 3.58. The van der Waals surface area contributed by atoms with Crippen LogP contribution < -0.4 is 20.3 Å². The molecule has 4 heterocycles. The number of anilines is 4. The lowest BCUT2D eigenvalue weighted by Gasteiger charge is -2.33. The van der Waals surface area contributed by atoms with Gasteiger partial charge in [-0.15, -0.1) is 11.3 Å². The van der Waals surface area contributed by atoms with Gasteiger partial charge in [0.1, 0.15) is 10.4 Å². The summed E-state index contributed by atoms with van der Waals surface area (Å²) < 4.78 is 6.99. The van der Waals surface area contributed by atoms with E-state index in [0.717, 1.165) is 29.0 Å². The number of thiophene rings is 1. The van der Waals surface area contributed by atoms with Gasteiger partial charge in [0, 0.05) is 48.3 Å². The van der Waals surface area contributed by atoms with E-state index in [0.29, 0.717) is 35.3 Å². The zero-order valence-corrected chi connectivity index (χ0v) is 20.7. The Morgan fingerprint density at radius 1 is 1.11 bits per heavy atom. The van der Waals surface area contributed by atoms with Gasteiger partial charge in [0.15, 0.2) is 0 Å². The highest BCUT2D eigenvalue weighted by molar-refractivity contribution is 7.17. The summed E-state index contributed by atoms with van der Waals surface area (Å²) in [7, 11) is 2.22. The highest BCUT2D eigenvalue weighted by Gasteiger charge is 2.41. The van der Waals surface area contributed by atoms with Gasteiger partial charge in [0.05, 0.1) is 5.52 Å². The summed E-state index contributed by atoms with van der Waals surface area (Å²) in [6, 6.07) is 18.8. The number of fused-ring (bicyclic) bond motifs is 3. The van der Waals surface area contributed by atoms with Crippen LogP contribution in [0.2, 0.25) is 0 Å². The minimum atomic E-state index is -0.281. The minimum absolute atomic E-state index is 0.281. The molecule has 182 valence electrons. The normalized spacial score (nSPS) is 19.0. The summed E-state index contributed by atoms with van der Waals surface area (Å²) in [6.45, 7) is 5.70. The van der Waals surface area contributed by atoms with Crippen LogP contribution in [0.5, 0.6) is 11.6 Å². The summed E-state index contributed by atoms with van der Waals surface area (Å²) in [6.07, 6.45) is 2.47.